The van der Waals surface area contributed by atoms with Crippen molar-refractivity contribution in [1.82, 2.24) is 15.0 Å². The zero-order valence-corrected chi connectivity index (χ0v) is 35.7. The fourth-order valence-corrected chi connectivity index (χ4v) is 11.2. The number of benzene rings is 9. The van der Waals surface area contributed by atoms with Crippen molar-refractivity contribution in [3.63, 3.8) is 0 Å². The van der Waals surface area contributed by atoms with E-state index in [4.69, 9.17) is 15.0 Å². The van der Waals surface area contributed by atoms with Gasteiger partial charge in [0.25, 0.3) is 0 Å². The second-order valence-corrected chi connectivity index (χ2v) is 17.4. The SMILES string of the molecule is c1ccc(-c2ccc3ccc4ccc(-c5ccc6c(c5)nc(-c5ccccc5)c5ccc7c(c56)-c5ccccc5C75c6ccccc6N(c6ccccc6)c6ccccc65)nc4c3n2)cc1. The van der Waals surface area contributed by atoms with Gasteiger partial charge in [-0.1, -0.05) is 188 Å². The first kappa shape index (κ1) is 36.7. The smallest absolute Gasteiger partial charge is 0.0972 e. The number of hydrogen-bond donors (Lipinski definition) is 0. The van der Waals surface area contributed by atoms with Crippen molar-refractivity contribution in [2.75, 3.05) is 4.90 Å². The third-order valence-corrected chi connectivity index (χ3v) is 14.0. The van der Waals surface area contributed by atoms with Crippen LogP contribution in [0.4, 0.5) is 17.1 Å². The minimum Gasteiger partial charge on any atom is -0.310 e. The maximum absolute atomic E-state index is 5.57. The van der Waals surface area contributed by atoms with Crippen molar-refractivity contribution in [2.24, 2.45) is 0 Å². The third kappa shape index (κ3) is 5.18. The molecule has 4 nitrogen and oxygen atoms in total. The molecule has 0 atom stereocenters. The van der Waals surface area contributed by atoms with E-state index in [1.807, 2.05) is 6.07 Å². The fourth-order valence-electron chi connectivity index (χ4n) is 11.2. The van der Waals surface area contributed by atoms with Crippen molar-refractivity contribution >= 4 is 60.5 Å². The van der Waals surface area contributed by atoms with Crippen LogP contribution in [0.15, 0.2) is 231 Å². The lowest BCUT2D eigenvalue weighted by atomic mass is 9.64. The largest absolute Gasteiger partial charge is 0.310 e. The summed E-state index contributed by atoms with van der Waals surface area (Å²) >= 11 is 0. The zero-order valence-electron chi connectivity index (χ0n) is 35.7. The minimum absolute atomic E-state index is 0.576. The first-order valence-electron chi connectivity index (χ1n) is 22.6. The minimum atomic E-state index is -0.576. The van der Waals surface area contributed by atoms with Crippen molar-refractivity contribution < 1.29 is 0 Å². The highest BCUT2D eigenvalue weighted by Crippen LogP contribution is 2.64. The number of fused-ring (bicyclic) bond motifs is 16. The predicted molar refractivity (Wildman–Crippen MR) is 272 cm³/mol. The maximum Gasteiger partial charge on any atom is 0.0972 e. The Labute approximate surface area is 381 Å². The van der Waals surface area contributed by atoms with Gasteiger partial charge < -0.3 is 4.90 Å². The summed E-state index contributed by atoms with van der Waals surface area (Å²) in [6.07, 6.45) is 0. The van der Waals surface area contributed by atoms with E-state index in [2.05, 4.69) is 229 Å². The average molecular weight is 839 g/mol. The predicted octanol–water partition coefficient (Wildman–Crippen LogP) is 15.6. The van der Waals surface area contributed by atoms with E-state index in [1.165, 1.54) is 50.1 Å². The second kappa shape index (κ2) is 14.1. The summed E-state index contributed by atoms with van der Waals surface area (Å²) in [7, 11) is 0. The quantitative estimate of drug-likeness (QED) is 0.166. The molecule has 12 aromatic rings. The summed E-state index contributed by atoms with van der Waals surface area (Å²) in [6.45, 7) is 0. The Balaban J connectivity index is 1.04. The Kier molecular flexibility index (Phi) is 7.87. The molecular formula is C62H38N4. The number of para-hydroxylation sites is 3. The molecule has 2 aliphatic rings. The maximum atomic E-state index is 5.57. The highest BCUT2D eigenvalue weighted by atomic mass is 15.2. The highest BCUT2D eigenvalue weighted by Gasteiger charge is 2.52. The van der Waals surface area contributed by atoms with Gasteiger partial charge in [0.05, 0.1) is 50.4 Å². The Morgan fingerprint density at radius 2 is 0.894 bits per heavy atom. The summed E-state index contributed by atoms with van der Waals surface area (Å²) in [5, 5.41) is 5.57. The lowest BCUT2D eigenvalue weighted by Gasteiger charge is -2.45. The molecule has 0 saturated heterocycles. The molecule has 0 radical (unpaired) electrons. The molecule has 9 aromatic carbocycles. The van der Waals surface area contributed by atoms with Crippen LogP contribution in [0.3, 0.4) is 0 Å². The van der Waals surface area contributed by atoms with Crippen LogP contribution in [0.2, 0.25) is 0 Å². The highest BCUT2D eigenvalue weighted by molar-refractivity contribution is 6.20. The molecule has 4 heteroatoms. The van der Waals surface area contributed by atoms with Crippen molar-refractivity contribution in [3.8, 4) is 44.9 Å². The molecule has 1 spiro atoms. The van der Waals surface area contributed by atoms with Crippen LogP contribution in [0.25, 0.3) is 88.4 Å². The molecule has 0 amide bonds. The first-order chi connectivity index (χ1) is 32.7. The number of pyridine rings is 3. The van der Waals surface area contributed by atoms with Gasteiger partial charge in [0.1, 0.15) is 0 Å². The van der Waals surface area contributed by atoms with E-state index in [-0.39, 0.29) is 0 Å². The first-order valence-corrected chi connectivity index (χ1v) is 22.6. The molecule has 14 rings (SSSR count). The van der Waals surface area contributed by atoms with Gasteiger partial charge in [-0.15, -0.1) is 0 Å². The summed E-state index contributed by atoms with van der Waals surface area (Å²) in [6, 6.07) is 83.2. The lowest BCUT2D eigenvalue weighted by Crippen LogP contribution is -2.36. The topological polar surface area (TPSA) is 41.9 Å². The molecule has 0 N–H and O–H groups in total. The van der Waals surface area contributed by atoms with Gasteiger partial charge in [-0.3, -0.25) is 0 Å². The van der Waals surface area contributed by atoms with Gasteiger partial charge in [0, 0.05) is 49.3 Å². The number of anilines is 3. The molecule has 0 fully saturated rings. The van der Waals surface area contributed by atoms with E-state index in [0.717, 1.165) is 77.6 Å². The Hall–Kier alpha value is -8.73. The van der Waals surface area contributed by atoms with Crippen molar-refractivity contribution in [1.29, 1.82) is 0 Å². The Morgan fingerprint density at radius 1 is 0.364 bits per heavy atom. The van der Waals surface area contributed by atoms with E-state index in [9.17, 15) is 0 Å². The summed E-state index contributed by atoms with van der Waals surface area (Å²) in [4.78, 5) is 18.6. The monoisotopic (exact) mass is 838 g/mol. The van der Waals surface area contributed by atoms with E-state index in [0.29, 0.717) is 0 Å². The van der Waals surface area contributed by atoms with Gasteiger partial charge in [0.15, 0.2) is 0 Å². The Morgan fingerprint density at radius 3 is 1.56 bits per heavy atom. The van der Waals surface area contributed by atoms with Crippen LogP contribution < -0.4 is 4.90 Å². The van der Waals surface area contributed by atoms with Crippen LogP contribution >= 0.6 is 0 Å². The molecule has 3 aromatic heterocycles. The summed E-state index contributed by atoms with van der Waals surface area (Å²) in [5.74, 6) is 0. The van der Waals surface area contributed by atoms with Gasteiger partial charge in [-0.2, -0.15) is 0 Å². The molecule has 66 heavy (non-hydrogen) atoms. The molecule has 0 unspecified atom stereocenters. The van der Waals surface area contributed by atoms with Crippen LogP contribution in [0.5, 0.6) is 0 Å². The number of nitrogens with zero attached hydrogens (tertiary/aromatic N) is 4. The summed E-state index contributed by atoms with van der Waals surface area (Å²) in [5.41, 5.74) is 19.2. The number of aromatic nitrogens is 3. The fraction of sp³-hybridized carbons (Fsp3) is 0.0161. The zero-order chi connectivity index (χ0) is 43.3. The molecule has 306 valence electrons. The molecular weight excluding hydrogens is 801 g/mol. The number of hydrogen-bond acceptors (Lipinski definition) is 4. The van der Waals surface area contributed by atoms with Gasteiger partial charge in [-0.25, -0.2) is 15.0 Å². The van der Waals surface area contributed by atoms with Gasteiger partial charge in [0.2, 0.25) is 0 Å². The number of rotatable bonds is 4. The van der Waals surface area contributed by atoms with Crippen molar-refractivity contribution in [3.05, 3.63) is 253 Å². The molecule has 0 bridgehead atoms. The third-order valence-electron chi connectivity index (χ3n) is 14.0. The lowest BCUT2D eigenvalue weighted by molar-refractivity contribution is 0.753. The van der Waals surface area contributed by atoms with Crippen LogP contribution in [0, 0.1) is 0 Å². The summed E-state index contributed by atoms with van der Waals surface area (Å²) < 4.78 is 0. The average Bonchev–Trinajstić information content (AvgIpc) is 3.69. The van der Waals surface area contributed by atoms with E-state index < -0.39 is 5.41 Å². The van der Waals surface area contributed by atoms with Gasteiger partial charge in [-0.05, 0) is 75.8 Å². The van der Waals surface area contributed by atoms with Crippen LogP contribution in [0.1, 0.15) is 22.3 Å². The Bertz CT molecular complexity index is 3890. The van der Waals surface area contributed by atoms with Crippen LogP contribution in [-0.4, -0.2) is 15.0 Å². The standard InChI is InChI=1S/C62H38N4/c1-4-16-39(17-5-1)52-36-31-41-28-29-42-32-37-53(64-61(42)60(41)63-52)43-30-33-46-54(38-43)65-59(40-18-6-2-7-19-40)47-34-35-51-58(57(46)47)45-22-10-11-23-48(45)62(51)49-24-12-14-26-55(49)66(44-20-8-3-9-21-44)56-27-15-13-25-50(56)62/h1-38H. The van der Waals surface area contributed by atoms with Gasteiger partial charge >= 0.3 is 0 Å². The molecule has 0 saturated carbocycles. The van der Waals surface area contributed by atoms with E-state index >= 15 is 0 Å². The molecule has 1 aliphatic carbocycles. The molecule has 1 aliphatic heterocycles. The normalized spacial score (nSPS) is 13.2. The second-order valence-electron chi connectivity index (χ2n) is 17.4. The van der Waals surface area contributed by atoms with Crippen molar-refractivity contribution in [2.45, 2.75) is 5.41 Å². The molecule has 4 heterocycles. The van der Waals surface area contributed by atoms with Crippen LogP contribution in [-0.2, 0) is 5.41 Å². The van der Waals surface area contributed by atoms with E-state index in [1.54, 1.807) is 0 Å².